The topological polar surface area (TPSA) is 32.8 Å². The molecule has 1 aliphatic rings. The van der Waals surface area contributed by atoms with Gasteiger partial charge in [-0.2, -0.15) is 0 Å². The Balaban J connectivity index is 0.997. The molecule has 66 heavy (non-hydrogen) atoms. The second-order valence-corrected chi connectivity index (χ2v) is 19.2. The van der Waals surface area contributed by atoms with Crippen LogP contribution in [0.1, 0.15) is 25.0 Å². The Morgan fingerprint density at radius 2 is 0.909 bits per heavy atom. The van der Waals surface area contributed by atoms with Crippen LogP contribution in [-0.4, -0.2) is 0 Å². The largest absolute Gasteiger partial charge is 0.456 e. The number of rotatable bonds is 6. The Kier molecular flexibility index (Phi) is 7.87. The summed E-state index contributed by atoms with van der Waals surface area (Å²) in [4.78, 5) is 4.81. The highest BCUT2D eigenvalue weighted by Gasteiger charge is 2.36. The van der Waals surface area contributed by atoms with Gasteiger partial charge in [0.2, 0.25) is 0 Å². The van der Waals surface area contributed by atoms with Gasteiger partial charge in [-0.25, -0.2) is 0 Å². The molecule has 0 atom stereocenters. The highest BCUT2D eigenvalue weighted by molar-refractivity contribution is 7.25. The monoisotopic (exact) mass is 864 g/mol. The van der Waals surface area contributed by atoms with Gasteiger partial charge in [0.05, 0.1) is 0 Å². The van der Waals surface area contributed by atoms with Crippen molar-refractivity contribution in [3.05, 3.63) is 217 Å². The van der Waals surface area contributed by atoms with E-state index >= 15 is 0 Å². The SMILES string of the molecule is CC1(C)c2ccccc2-c2ccc(N(c3cccc(N(c4ccc5c(c4)oc4ccccc45)c4ccc5sc6ccccc6c5c4)c3)c3ccc4ccc5oc6ccccc6c5c4c3)cc21. The number of furan rings is 2. The van der Waals surface area contributed by atoms with Crippen LogP contribution in [0.15, 0.2) is 215 Å². The van der Waals surface area contributed by atoms with Gasteiger partial charge in [-0.05, 0) is 130 Å². The average Bonchev–Trinajstić information content (AvgIpc) is 4.10. The lowest BCUT2D eigenvalue weighted by Gasteiger charge is -2.30. The quantitative estimate of drug-likeness (QED) is 0.167. The van der Waals surface area contributed by atoms with Crippen LogP contribution in [0.4, 0.5) is 34.1 Å². The minimum Gasteiger partial charge on any atom is -0.456 e. The van der Waals surface area contributed by atoms with Crippen LogP contribution in [0.2, 0.25) is 0 Å². The van der Waals surface area contributed by atoms with E-state index in [0.29, 0.717) is 0 Å². The zero-order valence-electron chi connectivity index (χ0n) is 36.2. The van der Waals surface area contributed by atoms with Crippen molar-refractivity contribution in [3.63, 3.8) is 0 Å². The molecule has 10 aromatic carbocycles. The summed E-state index contributed by atoms with van der Waals surface area (Å²) in [7, 11) is 0. The molecule has 3 heterocycles. The molecule has 0 saturated carbocycles. The predicted octanol–water partition coefficient (Wildman–Crippen LogP) is 18.3. The van der Waals surface area contributed by atoms with E-state index in [2.05, 4.69) is 212 Å². The number of benzene rings is 10. The highest BCUT2D eigenvalue weighted by Crippen LogP contribution is 2.52. The molecular weight excluding hydrogens is 825 g/mol. The molecule has 3 aromatic heterocycles. The molecular formula is C61H40N2O2S. The number of hydrogen-bond acceptors (Lipinski definition) is 5. The summed E-state index contributed by atoms with van der Waals surface area (Å²) in [5.41, 5.74) is 15.0. The molecule has 0 spiro atoms. The minimum atomic E-state index is -0.169. The zero-order valence-corrected chi connectivity index (χ0v) is 37.1. The molecule has 0 radical (unpaired) electrons. The maximum Gasteiger partial charge on any atom is 0.137 e. The molecule has 1 aliphatic carbocycles. The van der Waals surface area contributed by atoms with Crippen molar-refractivity contribution in [1.29, 1.82) is 0 Å². The molecule has 0 fully saturated rings. The third-order valence-electron chi connectivity index (χ3n) is 14.0. The van der Waals surface area contributed by atoms with Gasteiger partial charge in [0.15, 0.2) is 0 Å². The van der Waals surface area contributed by atoms with Crippen LogP contribution in [0.5, 0.6) is 0 Å². The first-order valence-electron chi connectivity index (χ1n) is 22.6. The van der Waals surface area contributed by atoms with Crippen molar-refractivity contribution in [1.82, 2.24) is 0 Å². The van der Waals surface area contributed by atoms with Crippen molar-refractivity contribution in [2.24, 2.45) is 0 Å². The van der Waals surface area contributed by atoms with Crippen LogP contribution in [0, 0.1) is 0 Å². The Bertz CT molecular complexity index is 4130. The molecule has 0 unspecified atom stereocenters. The summed E-state index contributed by atoms with van der Waals surface area (Å²) < 4.78 is 15.5. The first-order chi connectivity index (χ1) is 32.4. The van der Waals surface area contributed by atoms with Crippen molar-refractivity contribution >= 4 is 120 Å². The smallest absolute Gasteiger partial charge is 0.137 e. The van der Waals surface area contributed by atoms with E-state index in [-0.39, 0.29) is 5.41 Å². The fraction of sp³-hybridized carbons (Fsp3) is 0.0492. The molecule has 0 N–H and O–H groups in total. The van der Waals surface area contributed by atoms with Crippen LogP contribution in [-0.2, 0) is 5.41 Å². The van der Waals surface area contributed by atoms with E-state index in [1.807, 2.05) is 29.5 Å². The van der Waals surface area contributed by atoms with Crippen molar-refractivity contribution < 1.29 is 8.83 Å². The van der Waals surface area contributed by atoms with Gasteiger partial charge in [0.25, 0.3) is 0 Å². The van der Waals surface area contributed by atoms with Crippen LogP contribution >= 0.6 is 11.3 Å². The summed E-state index contributed by atoms with van der Waals surface area (Å²) in [6.45, 7) is 4.71. The lowest BCUT2D eigenvalue weighted by atomic mass is 9.82. The van der Waals surface area contributed by atoms with Crippen molar-refractivity contribution in [3.8, 4) is 11.1 Å². The number of nitrogens with zero attached hydrogens (tertiary/aromatic N) is 2. The minimum absolute atomic E-state index is 0.169. The molecule has 0 bridgehead atoms. The Morgan fingerprint density at radius 1 is 0.348 bits per heavy atom. The second-order valence-electron chi connectivity index (χ2n) is 18.1. The molecule has 4 nitrogen and oxygen atoms in total. The summed E-state index contributed by atoms with van der Waals surface area (Å²) >= 11 is 1.84. The molecule has 13 aromatic rings. The van der Waals surface area contributed by atoms with Gasteiger partial charge in [-0.3, -0.25) is 0 Å². The molecule has 0 aliphatic heterocycles. The molecule has 5 heteroatoms. The maximum atomic E-state index is 6.53. The van der Waals surface area contributed by atoms with Gasteiger partial charge in [0.1, 0.15) is 22.3 Å². The number of fused-ring (bicyclic) bond motifs is 14. The highest BCUT2D eigenvalue weighted by atomic mass is 32.1. The fourth-order valence-corrected chi connectivity index (χ4v) is 12.0. The van der Waals surface area contributed by atoms with Gasteiger partial charge in [-0.1, -0.05) is 117 Å². The zero-order chi connectivity index (χ0) is 43.7. The first-order valence-corrected chi connectivity index (χ1v) is 23.4. The van der Waals surface area contributed by atoms with Gasteiger partial charge >= 0.3 is 0 Å². The number of thiophene rings is 1. The average molecular weight is 865 g/mol. The normalized spacial score (nSPS) is 13.1. The number of anilines is 6. The van der Waals surface area contributed by atoms with E-state index in [0.717, 1.165) is 83.4 Å². The van der Waals surface area contributed by atoms with E-state index in [9.17, 15) is 0 Å². The van der Waals surface area contributed by atoms with E-state index in [1.165, 1.54) is 47.8 Å². The maximum absolute atomic E-state index is 6.53. The summed E-state index contributed by atoms with van der Waals surface area (Å²) in [6.07, 6.45) is 0. The van der Waals surface area contributed by atoms with Gasteiger partial charge in [0, 0.05) is 87.3 Å². The third kappa shape index (κ3) is 5.50. The van der Waals surface area contributed by atoms with Crippen molar-refractivity contribution in [2.45, 2.75) is 19.3 Å². The van der Waals surface area contributed by atoms with Gasteiger partial charge < -0.3 is 18.6 Å². The van der Waals surface area contributed by atoms with Crippen LogP contribution in [0.25, 0.3) is 85.9 Å². The first kappa shape index (κ1) is 37.3. The molecule has 0 amide bonds. The Morgan fingerprint density at radius 3 is 1.76 bits per heavy atom. The lowest BCUT2D eigenvalue weighted by molar-refractivity contribution is 0.660. The standard InChI is InChI=1S/C61H40N2O2S/c1-61(2)52-18-7-3-14-44(52)45-28-25-42(35-53(45)61)62(40-24-22-37-23-30-56-60(50(37)33-40)49-17-5-9-20-55(49)64-56)38-12-11-13-39(32-38)63(41-27-31-59-51(34-41)48-16-6-10-21-58(48)66-59)43-26-29-47-46-15-4-8-19-54(46)65-57(47)36-43/h3-36H,1-2H3. The second kappa shape index (κ2) is 13.9. The molecule has 0 saturated heterocycles. The van der Waals surface area contributed by atoms with Crippen LogP contribution < -0.4 is 9.80 Å². The third-order valence-corrected chi connectivity index (χ3v) is 15.2. The summed E-state index contributed by atoms with van der Waals surface area (Å²) in [5.74, 6) is 0. The predicted molar refractivity (Wildman–Crippen MR) is 278 cm³/mol. The molecule has 312 valence electrons. The van der Waals surface area contributed by atoms with E-state index in [4.69, 9.17) is 8.83 Å². The van der Waals surface area contributed by atoms with E-state index in [1.54, 1.807) is 0 Å². The summed E-state index contributed by atoms with van der Waals surface area (Å²) in [5, 5.41) is 9.31. The van der Waals surface area contributed by atoms with E-state index < -0.39 is 0 Å². The fourth-order valence-electron chi connectivity index (χ4n) is 10.9. The summed E-state index contributed by atoms with van der Waals surface area (Å²) in [6, 6.07) is 75.0. The number of para-hydroxylation sites is 2. The van der Waals surface area contributed by atoms with Crippen LogP contribution in [0.3, 0.4) is 0 Å². The number of hydrogen-bond donors (Lipinski definition) is 0. The lowest BCUT2D eigenvalue weighted by Crippen LogP contribution is -2.17. The van der Waals surface area contributed by atoms with Gasteiger partial charge in [-0.15, -0.1) is 11.3 Å². The molecule has 14 rings (SSSR count). The van der Waals surface area contributed by atoms with Crippen molar-refractivity contribution in [2.75, 3.05) is 9.80 Å². The Hall–Kier alpha value is -8.12. The Labute approximate surface area is 384 Å².